The lowest BCUT2D eigenvalue weighted by atomic mass is 10.2. The zero-order chi connectivity index (χ0) is 11.8. The molecule has 0 radical (unpaired) electrons. The normalized spacial score (nSPS) is 13.5. The Hall–Kier alpha value is -0.610. The van der Waals surface area contributed by atoms with Gasteiger partial charge in [0.15, 0.2) is 0 Å². The second kappa shape index (κ2) is 7.65. The topological polar surface area (TPSA) is 56.4 Å². The van der Waals surface area contributed by atoms with Crippen molar-refractivity contribution in [1.29, 1.82) is 5.41 Å². The summed E-state index contributed by atoms with van der Waals surface area (Å²) in [5, 5.41) is 7.25. The van der Waals surface area contributed by atoms with Crippen LogP contribution in [0.3, 0.4) is 0 Å². The third-order valence-corrected chi connectivity index (χ3v) is 2.93. The lowest BCUT2D eigenvalue weighted by Gasteiger charge is -2.27. The summed E-state index contributed by atoms with van der Waals surface area (Å²) in [6.45, 7) is 10.8. The van der Waals surface area contributed by atoms with Crippen LogP contribution in [0.5, 0.6) is 0 Å². The van der Waals surface area contributed by atoms with Gasteiger partial charge in [-0.05, 0) is 27.1 Å². The number of amidine groups is 1. The molecular weight excluding hydrogens is 188 g/mol. The lowest BCUT2D eigenvalue weighted by Crippen LogP contribution is -2.39. The van der Waals surface area contributed by atoms with Crippen LogP contribution in [0.4, 0.5) is 0 Å². The zero-order valence-corrected chi connectivity index (χ0v) is 10.6. The van der Waals surface area contributed by atoms with Gasteiger partial charge in [0.05, 0.1) is 5.84 Å². The van der Waals surface area contributed by atoms with E-state index in [1.54, 1.807) is 0 Å². The monoisotopic (exact) mass is 214 g/mol. The molecular formula is C11H26N4. The fraction of sp³-hybridized carbons (Fsp3) is 0.909. The van der Waals surface area contributed by atoms with Gasteiger partial charge in [0.1, 0.15) is 0 Å². The van der Waals surface area contributed by atoms with E-state index in [0.717, 1.165) is 26.2 Å². The third-order valence-electron chi connectivity index (χ3n) is 2.93. The summed E-state index contributed by atoms with van der Waals surface area (Å²) < 4.78 is 0. The number of hydrogen-bond donors (Lipinski definition) is 2. The Morgan fingerprint density at radius 1 is 1.27 bits per heavy atom. The average molecular weight is 214 g/mol. The molecule has 0 saturated heterocycles. The van der Waals surface area contributed by atoms with Crippen molar-refractivity contribution in [2.75, 3.05) is 33.2 Å². The fourth-order valence-electron chi connectivity index (χ4n) is 1.53. The van der Waals surface area contributed by atoms with E-state index in [-0.39, 0.29) is 5.84 Å². The zero-order valence-electron chi connectivity index (χ0n) is 10.6. The van der Waals surface area contributed by atoms with E-state index in [4.69, 9.17) is 11.1 Å². The molecule has 0 saturated carbocycles. The predicted octanol–water partition coefficient (Wildman–Crippen LogP) is 0.975. The van der Waals surface area contributed by atoms with Gasteiger partial charge in [-0.25, -0.2) is 0 Å². The molecule has 0 amide bonds. The standard InChI is InChI=1S/C11H26N4/c1-5-15(6-2)8-7-14(4)10(3)9-11(12)13/h10H,5-9H2,1-4H3,(H3,12,13). The average Bonchev–Trinajstić information content (AvgIpc) is 2.18. The molecule has 0 spiro atoms. The van der Waals surface area contributed by atoms with Crippen molar-refractivity contribution < 1.29 is 0 Å². The largest absolute Gasteiger partial charge is 0.388 e. The molecule has 0 aromatic carbocycles. The van der Waals surface area contributed by atoms with Crippen LogP contribution in [0.25, 0.3) is 0 Å². The predicted molar refractivity (Wildman–Crippen MR) is 66.4 cm³/mol. The maximum Gasteiger partial charge on any atom is 0.0920 e. The van der Waals surface area contributed by atoms with Gasteiger partial charge in [-0.15, -0.1) is 0 Å². The molecule has 0 fully saturated rings. The molecule has 3 N–H and O–H groups in total. The van der Waals surface area contributed by atoms with Crippen LogP contribution >= 0.6 is 0 Å². The SMILES string of the molecule is CCN(CC)CCN(C)C(C)CC(=N)N. The lowest BCUT2D eigenvalue weighted by molar-refractivity contribution is 0.208. The van der Waals surface area contributed by atoms with E-state index < -0.39 is 0 Å². The highest BCUT2D eigenvalue weighted by Crippen LogP contribution is 2.00. The van der Waals surface area contributed by atoms with Crippen molar-refractivity contribution in [2.24, 2.45) is 5.73 Å². The molecule has 1 atom stereocenters. The van der Waals surface area contributed by atoms with Crippen molar-refractivity contribution in [3.8, 4) is 0 Å². The van der Waals surface area contributed by atoms with Crippen LogP contribution in [-0.2, 0) is 0 Å². The smallest absolute Gasteiger partial charge is 0.0920 e. The minimum atomic E-state index is 0.275. The van der Waals surface area contributed by atoms with Crippen molar-refractivity contribution in [3.05, 3.63) is 0 Å². The van der Waals surface area contributed by atoms with Crippen LogP contribution in [0.15, 0.2) is 0 Å². The van der Waals surface area contributed by atoms with Crippen molar-refractivity contribution >= 4 is 5.84 Å². The van der Waals surface area contributed by atoms with E-state index in [9.17, 15) is 0 Å². The van der Waals surface area contributed by atoms with Crippen LogP contribution in [0.2, 0.25) is 0 Å². The number of rotatable bonds is 8. The first-order valence-electron chi connectivity index (χ1n) is 5.76. The first-order chi connectivity index (χ1) is 7.01. The molecule has 0 heterocycles. The van der Waals surface area contributed by atoms with Crippen LogP contribution in [-0.4, -0.2) is 54.9 Å². The molecule has 0 aliphatic heterocycles. The number of likely N-dealkylation sites (N-methyl/N-ethyl adjacent to an activating group) is 2. The van der Waals surface area contributed by atoms with Gasteiger partial charge in [0.25, 0.3) is 0 Å². The van der Waals surface area contributed by atoms with E-state index in [0.29, 0.717) is 12.5 Å². The summed E-state index contributed by atoms with van der Waals surface area (Å²) >= 11 is 0. The quantitative estimate of drug-likeness (QED) is 0.468. The number of nitrogens with two attached hydrogens (primary N) is 1. The highest BCUT2D eigenvalue weighted by Gasteiger charge is 2.10. The summed E-state index contributed by atoms with van der Waals surface area (Å²) in [7, 11) is 2.09. The maximum atomic E-state index is 7.25. The van der Waals surface area contributed by atoms with Gasteiger partial charge in [-0.2, -0.15) is 0 Å². The van der Waals surface area contributed by atoms with Gasteiger partial charge in [0, 0.05) is 25.6 Å². The molecule has 4 nitrogen and oxygen atoms in total. The van der Waals surface area contributed by atoms with Gasteiger partial charge >= 0.3 is 0 Å². The molecule has 0 rings (SSSR count). The second-order valence-electron chi connectivity index (χ2n) is 4.09. The molecule has 0 aliphatic rings. The Balaban J connectivity index is 3.80. The van der Waals surface area contributed by atoms with Gasteiger partial charge in [-0.1, -0.05) is 13.8 Å². The van der Waals surface area contributed by atoms with Crippen molar-refractivity contribution in [1.82, 2.24) is 9.80 Å². The number of nitrogens with zero attached hydrogens (tertiary/aromatic N) is 2. The minimum Gasteiger partial charge on any atom is -0.388 e. The van der Waals surface area contributed by atoms with E-state index in [1.807, 2.05) is 0 Å². The molecule has 0 aromatic heterocycles. The molecule has 1 unspecified atom stereocenters. The number of hydrogen-bond acceptors (Lipinski definition) is 3. The third kappa shape index (κ3) is 6.47. The molecule has 4 heteroatoms. The Morgan fingerprint density at radius 3 is 2.20 bits per heavy atom. The Morgan fingerprint density at radius 2 is 1.80 bits per heavy atom. The van der Waals surface area contributed by atoms with Crippen molar-refractivity contribution in [2.45, 2.75) is 33.2 Å². The van der Waals surface area contributed by atoms with Gasteiger partial charge < -0.3 is 15.5 Å². The summed E-state index contributed by atoms with van der Waals surface area (Å²) in [4.78, 5) is 4.66. The minimum absolute atomic E-state index is 0.275. The van der Waals surface area contributed by atoms with Crippen LogP contribution < -0.4 is 5.73 Å². The highest BCUT2D eigenvalue weighted by atomic mass is 15.2. The molecule has 0 aromatic rings. The maximum absolute atomic E-state index is 7.25. The highest BCUT2D eigenvalue weighted by molar-refractivity contribution is 5.77. The first kappa shape index (κ1) is 14.4. The van der Waals surface area contributed by atoms with Crippen LogP contribution in [0, 0.1) is 5.41 Å². The second-order valence-corrected chi connectivity index (χ2v) is 4.09. The van der Waals surface area contributed by atoms with E-state index >= 15 is 0 Å². The van der Waals surface area contributed by atoms with E-state index in [1.165, 1.54) is 0 Å². The summed E-state index contributed by atoms with van der Waals surface area (Å²) in [5.74, 6) is 0.275. The van der Waals surface area contributed by atoms with Crippen LogP contribution in [0.1, 0.15) is 27.2 Å². The first-order valence-corrected chi connectivity index (χ1v) is 5.76. The summed E-state index contributed by atoms with van der Waals surface area (Å²) in [6, 6.07) is 0.359. The Kier molecular flexibility index (Phi) is 7.34. The Labute approximate surface area is 93.9 Å². The number of nitrogens with one attached hydrogen (secondary N) is 1. The summed E-state index contributed by atoms with van der Waals surface area (Å²) in [5.41, 5.74) is 5.39. The van der Waals surface area contributed by atoms with Gasteiger partial charge in [-0.3, -0.25) is 5.41 Å². The Bertz CT molecular complexity index is 177. The molecule has 0 aliphatic carbocycles. The fourth-order valence-corrected chi connectivity index (χ4v) is 1.53. The molecule has 90 valence electrons. The van der Waals surface area contributed by atoms with Gasteiger partial charge in [0.2, 0.25) is 0 Å². The summed E-state index contributed by atoms with van der Waals surface area (Å²) in [6.07, 6.45) is 0.661. The van der Waals surface area contributed by atoms with E-state index in [2.05, 4.69) is 37.6 Å². The van der Waals surface area contributed by atoms with Crippen molar-refractivity contribution in [3.63, 3.8) is 0 Å². The molecule has 15 heavy (non-hydrogen) atoms. The molecule has 0 bridgehead atoms.